The summed E-state index contributed by atoms with van der Waals surface area (Å²) < 4.78 is 12.4. The lowest BCUT2D eigenvalue weighted by Crippen LogP contribution is -2.54. The normalized spacial score (nSPS) is 23.1. The molecule has 0 spiro atoms. The fourth-order valence-corrected chi connectivity index (χ4v) is 5.59. The van der Waals surface area contributed by atoms with Crippen LogP contribution in [-0.2, 0) is 27.3 Å². The van der Waals surface area contributed by atoms with Gasteiger partial charge in [-0.1, -0.05) is 31.2 Å². The largest absolute Gasteiger partial charge is 0.490 e. The van der Waals surface area contributed by atoms with E-state index in [4.69, 9.17) is 9.47 Å². The molecular formula is C29H35N3O5. The molecule has 0 saturated carbocycles. The minimum absolute atomic E-state index is 0.0786. The highest BCUT2D eigenvalue weighted by Gasteiger charge is 2.39. The minimum Gasteiger partial charge on any atom is -0.490 e. The Labute approximate surface area is 217 Å². The molecule has 3 amide bonds. The Morgan fingerprint density at radius 1 is 1.11 bits per heavy atom. The molecule has 1 saturated heterocycles. The number of nitrogens with one attached hydrogen (secondary N) is 1. The molecule has 8 heteroatoms. The van der Waals surface area contributed by atoms with Gasteiger partial charge >= 0.3 is 0 Å². The van der Waals surface area contributed by atoms with Gasteiger partial charge in [-0.3, -0.25) is 14.4 Å². The van der Waals surface area contributed by atoms with E-state index in [1.165, 1.54) is 11.1 Å². The summed E-state index contributed by atoms with van der Waals surface area (Å²) in [6.45, 7) is 3.61. The van der Waals surface area contributed by atoms with Crippen LogP contribution in [0.25, 0.3) is 0 Å². The van der Waals surface area contributed by atoms with Gasteiger partial charge < -0.3 is 24.6 Å². The molecular weight excluding hydrogens is 470 g/mol. The van der Waals surface area contributed by atoms with Crippen LogP contribution in [0.4, 0.5) is 5.69 Å². The third-order valence-corrected chi connectivity index (χ3v) is 7.66. The molecule has 196 valence electrons. The van der Waals surface area contributed by atoms with Crippen LogP contribution in [-0.4, -0.2) is 66.0 Å². The second-order valence-electron chi connectivity index (χ2n) is 10.2. The molecule has 2 aromatic rings. The van der Waals surface area contributed by atoms with Gasteiger partial charge in [-0.2, -0.15) is 0 Å². The number of fused-ring (bicyclic) bond motifs is 3. The second-order valence-corrected chi connectivity index (χ2v) is 10.2. The van der Waals surface area contributed by atoms with Crippen molar-refractivity contribution in [2.75, 3.05) is 25.5 Å². The molecule has 0 radical (unpaired) electrons. The molecule has 37 heavy (non-hydrogen) atoms. The summed E-state index contributed by atoms with van der Waals surface area (Å²) in [4.78, 5) is 42.2. The van der Waals surface area contributed by atoms with Crippen molar-refractivity contribution in [3.05, 3.63) is 59.2 Å². The van der Waals surface area contributed by atoms with Gasteiger partial charge in [0, 0.05) is 32.2 Å². The lowest BCUT2D eigenvalue weighted by molar-refractivity contribution is -0.143. The number of likely N-dealkylation sites (N-methyl/N-ethyl adjacent to an activating group) is 1. The zero-order chi connectivity index (χ0) is 25.9. The molecule has 3 atom stereocenters. The molecule has 0 unspecified atom stereocenters. The van der Waals surface area contributed by atoms with Crippen LogP contribution in [0, 0.1) is 0 Å². The summed E-state index contributed by atoms with van der Waals surface area (Å²) >= 11 is 0. The first kappa shape index (κ1) is 25.3. The quantitative estimate of drug-likeness (QED) is 0.668. The van der Waals surface area contributed by atoms with Crippen LogP contribution in [0.1, 0.15) is 60.5 Å². The predicted molar refractivity (Wildman–Crippen MR) is 139 cm³/mol. The van der Waals surface area contributed by atoms with Crippen LogP contribution in [0.2, 0.25) is 0 Å². The van der Waals surface area contributed by atoms with E-state index in [-0.39, 0.29) is 36.0 Å². The summed E-state index contributed by atoms with van der Waals surface area (Å²) in [5, 5.41) is 2.85. The number of anilines is 1. The summed E-state index contributed by atoms with van der Waals surface area (Å²) in [6.07, 6.45) is 3.31. The average molecular weight is 506 g/mol. The zero-order valence-corrected chi connectivity index (χ0v) is 21.6. The maximum absolute atomic E-state index is 13.4. The number of nitrogens with zero attached hydrogens (tertiary/aromatic N) is 2. The van der Waals surface area contributed by atoms with Crippen molar-refractivity contribution in [2.45, 2.75) is 70.2 Å². The summed E-state index contributed by atoms with van der Waals surface area (Å²) in [5.41, 5.74) is 3.54. The zero-order valence-electron chi connectivity index (χ0n) is 21.6. The Morgan fingerprint density at radius 2 is 1.92 bits per heavy atom. The third-order valence-electron chi connectivity index (χ3n) is 7.66. The topological polar surface area (TPSA) is 88.2 Å². The summed E-state index contributed by atoms with van der Waals surface area (Å²) in [7, 11) is 1.79. The van der Waals surface area contributed by atoms with E-state index in [0.717, 1.165) is 25.8 Å². The average Bonchev–Trinajstić information content (AvgIpc) is 2.91. The highest BCUT2D eigenvalue weighted by atomic mass is 16.5. The third kappa shape index (κ3) is 5.49. The smallest absolute Gasteiger partial charge is 0.257 e. The van der Waals surface area contributed by atoms with Gasteiger partial charge in [0.15, 0.2) is 0 Å². The number of amides is 3. The monoisotopic (exact) mass is 505 g/mol. The van der Waals surface area contributed by atoms with Crippen LogP contribution in [0.5, 0.6) is 5.75 Å². The maximum Gasteiger partial charge on any atom is 0.257 e. The first-order chi connectivity index (χ1) is 17.9. The SMILES string of the molecule is CCCC(=O)Nc1ccc2c(c1)C(=O)N(C)[C@H]1CC[C@H](CC(=O)N3CCc4ccccc4C3)O[C@H]1CO2. The molecule has 5 rings (SSSR count). The highest BCUT2D eigenvalue weighted by Crippen LogP contribution is 2.33. The van der Waals surface area contributed by atoms with Crippen LogP contribution in [0.3, 0.4) is 0 Å². The van der Waals surface area contributed by atoms with E-state index in [9.17, 15) is 14.4 Å². The Hall–Kier alpha value is -3.39. The summed E-state index contributed by atoms with van der Waals surface area (Å²) in [5.74, 6) is 0.334. The van der Waals surface area contributed by atoms with Gasteiger partial charge in [0.25, 0.3) is 5.91 Å². The second kappa shape index (κ2) is 10.9. The number of rotatable bonds is 5. The number of ether oxygens (including phenoxy) is 2. The Morgan fingerprint density at radius 3 is 2.73 bits per heavy atom. The molecule has 3 aliphatic heterocycles. The number of carbonyl (C=O) groups is 3. The van der Waals surface area contributed by atoms with Crippen molar-refractivity contribution in [1.82, 2.24) is 9.80 Å². The molecule has 0 bridgehead atoms. The van der Waals surface area contributed by atoms with Crippen LogP contribution >= 0.6 is 0 Å². The molecule has 3 aliphatic rings. The fraction of sp³-hybridized carbons (Fsp3) is 0.483. The number of hydrogen-bond acceptors (Lipinski definition) is 5. The van der Waals surface area contributed by atoms with E-state index in [2.05, 4.69) is 17.4 Å². The van der Waals surface area contributed by atoms with E-state index in [1.807, 2.05) is 24.0 Å². The Balaban J connectivity index is 1.23. The number of carbonyl (C=O) groups excluding carboxylic acids is 3. The lowest BCUT2D eigenvalue weighted by atomic mass is 9.94. The molecule has 3 heterocycles. The standard InChI is InChI=1S/C29H35N3O5/c1-3-6-27(33)30-21-9-12-25-23(15-21)29(35)31(2)24-11-10-22(37-26(24)18-36-25)16-28(34)32-14-13-19-7-4-5-8-20(19)17-32/h4-5,7-9,12,15,22,24,26H,3,6,10-11,13-14,16-18H2,1-2H3,(H,30,33)/t22-,24+,26+/m1/s1. The van der Waals surface area contributed by atoms with Crippen molar-refractivity contribution in [1.29, 1.82) is 0 Å². The molecule has 1 N–H and O–H groups in total. The van der Waals surface area contributed by atoms with Crippen LogP contribution in [0.15, 0.2) is 42.5 Å². The van der Waals surface area contributed by atoms with Crippen molar-refractivity contribution in [3.8, 4) is 5.75 Å². The van der Waals surface area contributed by atoms with Crippen molar-refractivity contribution in [3.63, 3.8) is 0 Å². The fourth-order valence-electron chi connectivity index (χ4n) is 5.59. The van der Waals surface area contributed by atoms with Crippen molar-refractivity contribution >= 4 is 23.4 Å². The number of hydrogen-bond donors (Lipinski definition) is 1. The first-order valence-electron chi connectivity index (χ1n) is 13.3. The highest BCUT2D eigenvalue weighted by molar-refractivity contribution is 5.99. The van der Waals surface area contributed by atoms with Gasteiger partial charge in [0.1, 0.15) is 18.5 Å². The van der Waals surface area contributed by atoms with E-state index in [1.54, 1.807) is 30.1 Å². The maximum atomic E-state index is 13.4. The van der Waals surface area contributed by atoms with Gasteiger partial charge in [0.05, 0.1) is 24.1 Å². The van der Waals surface area contributed by atoms with Gasteiger partial charge in [-0.05, 0) is 55.0 Å². The minimum atomic E-state index is -0.320. The molecule has 0 aliphatic carbocycles. The summed E-state index contributed by atoms with van der Waals surface area (Å²) in [6, 6.07) is 13.3. The van der Waals surface area contributed by atoms with Crippen LogP contribution < -0.4 is 10.1 Å². The van der Waals surface area contributed by atoms with Crippen molar-refractivity contribution in [2.24, 2.45) is 0 Å². The molecule has 1 fully saturated rings. The molecule has 2 aromatic carbocycles. The molecule has 0 aromatic heterocycles. The van der Waals surface area contributed by atoms with Gasteiger partial charge in [-0.15, -0.1) is 0 Å². The molecule has 8 nitrogen and oxygen atoms in total. The van der Waals surface area contributed by atoms with E-state index in [0.29, 0.717) is 49.4 Å². The van der Waals surface area contributed by atoms with E-state index >= 15 is 0 Å². The Bertz CT molecular complexity index is 1180. The predicted octanol–water partition coefficient (Wildman–Crippen LogP) is 3.78. The first-order valence-corrected chi connectivity index (χ1v) is 13.3. The lowest BCUT2D eigenvalue weighted by Gasteiger charge is -2.42. The number of benzene rings is 2. The van der Waals surface area contributed by atoms with Crippen molar-refractivity contribution < 1.29 is 23.9 Å². The van der Waals surface area contributed by atoms with Gasteiger partial charge in [0.2, 0.25) is 11.8 Å². The van der Waals surface area contributed by atoms with Gasteiger partial charge in [-0.25, -0.2) is 0 Å². The van der Waals surface area contributed by atoms with E-state index < -0.39 is 0 Å². The Kier molecular flexibility index (Phi) is 7.46.